The topological polar surface area (TPSA) is 84.9 Å². The van der Waals surface area contributed by atoms with E-state index in [1.807, 2.05) is 37.3 Å². The van der Waals surface area contributed by atoms with E-state index in [1.165, 1.54) is 0 Å². The number of benzene rings is 2. The van der Waals surface area contributed by atoms with Gasteiger partial charge in [-0.05, 0) is 36.8 Å². The smallest absolute Gasteiger partial charge is 0.311 e. The van der Waals surface area contributed by atoms with Crippen LogP contribution in [-0.4, -0.2) is 38.0 Å². The maximum absolute atomic E-state index is 12.3. The fourth-order valence-electron chi connectivity index (χ4n) is 3.24. The van der Waals surface area contributed by atoms with E-state index in [1.54, 1.807) is 36.3 Å². The van der Waals surface area contributed by atoms with Crippen LogP contribution in [0.15, 0.2) is 54.6 Å². The summed E-state index contributed by atoms with van der Waals surface area (Å²) in [7, 11) is 1.57. The van der Waals surface area contributed by atoms with Gasteiger partial charge in [-0.2, -0.15) is 0 Å². The minimum atomic E-state index is -0.594. The first-order valence-electron chi connectivity index (χ1n) is 9.43. The second-order valence-electron chi connectivity index (χ2n) is 6.91. The summed E-state index contributed by atoms with van der Waals surface area (Å²) in [6, 6.07) is 16.4. The van der Waals surface area contributed by atoms with Crippen LogP contribution in [0.1, 0.15) is 24.9 Å². The highest BCUT2D eigenvalue weighted by Gasteiger charge is 2.36. The number of ether oxygens (including phenoxy) is 2. The largest absolute Gasteiger partial charge is 0.497 e. The molecular formula is C22H24N2O5. The molecule has 1 heterocycles. The fourth-order valence-corrected chi connectivity index (χ4v) is 3.24. The quantitative estimate of drug-likeness (QED) is 0.727. The number of carbonyl (C=O) groups excluding carboxylic acids is 3. The van der Waals surface area contributed by atoms with Crippen molar-refractivity contribution >= 4 is 23.5 Å². The summed E-state index contributed by atoms with van der Waals surface area (Å²) >= 11 is 0. The maximum atomic E-state index is 12.3. The first-order chi connectivity index (χ1) is 14.0. The molecule has 3 rings (SSSR count). The number of methoxy groups -OCH3 is 1. The highest BCUT2D eigenvalue weighted by molar-refractivity contribution is 5.99. The zero-order chi connectivity index (χ0) is 20.8. The molecule has 1 aliphatic heterocycles. The number of nitrogens with one attached hydrogen (secondary N) is 1. The summed E-state index contributed by atoms with van der Waals surface area (Å²) in [4.78, 5) is 38.2. The average Bonchev–Trinajstić information content (AvgIpc) is 3.14. The summed E-state index contributed by atoms with van der Waals surface area (Å²) in [6.45, 7) is 1.71. The molecule has 2 amide bonds. The second-order valence-corrected chi connectivity index (χ2v) is 6.91. The number of esters is 1. The van der Waals surface area contributed by atoms with E-state index in [9.17, 15) is 14.4 Å². The molecule has 0 aromatic heterocycles. The van der Waals surface area contributed by atoms with E-state index < -0.39 is 11.9 Å². The zero-order valence-corrected chi connectivity index (χ0v) is 16.5. The molecule has 0 unspecified atom stereocenters. The number of hydrogen-bond acceptors (Lipinski definition) is 5. The highest BCUT2D eigenvalue weighted by Crippen LogP contribution is 2.27. The third-order valence-corrected chi connectivity index (χ3v) is 4.87. The van der Waals surface area contributed by atoms with Crippen molar-refractivity contribution in [3.8, 4) is 5.75 Å². The Labute approximate surface area is 169 Å². The van der Waals surface area contributed by atoms with Gasteiger partial charge in [0, 0.05) is 18.7 Å². The van der Waals surface area contributed by atoms with Crippen molar-refractivity contribution in [2.24, 2.45) is 5.92 Å². The van der Waals surface area contributed by atoms with Crippen molar-refractivity contribution in [2.75, 3.05) is 25.2 Å². The van der Waals surface area contributed by atoms with Gasteiger partial charge in [-0.25, -0.2) is 0 Å². The monoisotopic (exact) mass is 396 g/mol. The van der Waals surface area contributed by atoms with Gasteiger partial charge in [0.25, 0.3) is 5.91 Å². The van der Waals surface area contributed by atoms with Crippen molar-refractivity contribution in [1.82, 2.24) is 5.32 Å². The Morgan fingerprint density at radius 2 is 1.83 bits per heavy atom. The minimum Gasteiger partial charge on any atom is -0.497 e. The summed E-state index contributed by atoms with van der Waals surface area (Å²) in [6.07, 6.45) is 0.0624. The summed E-state index contributed by atoms with van der Waals surface area (Å²) in [5, 5.41) is 2.79. The van der Waals surface area contributed by atoms with Crippen LogP contribution in [-0.2, 0) is 19.1 Å². The Kier molecular flexibility index (Phi) is 6.49. The minimum absolute atomic E-state index is 0.0624. The molecule has 1 aliphatic rings. The summed E-state index contributed by atoms with van der Waals surface area (Å²) < 4.78 is 10.3. The van der Waals surface area contributed by atoms with Crippen LogP contribution in [0.5, 0.6) is 5.75 Å². The van der Waals surface area contributed by atoms with Crippen molar-refractivity contribution in [2.45, 2.75) is 19.4 Å². The Bertz CT molecular complexity index is 867. The Balaban J connectivity index is 1.49. The first-order valence-corrected chi connectivity index (χ1v) is 9.43. The summed E-state index contributed by atoms with van der Waals surface area (Å²) in [5.74, 6) is -0.988. The van der Waals surface area contributed by atoms with Crippen molar-refractivity contribution in [3.05, 3.63) is 60.2 Å². The number of nitrogens with zero attached hydrogens (tertiary/aromatic N) is 1. The van der Waals surface area contributed by atoms with E-state index in [4.69, 9.17) is 9.47 Å². The molecule has 1 saturated heterocycles. The van der Waals surface area contributed by atoms with E-state index >= 15 is 0 Å². The number of carbonyl (C=O) groups is 3. The molecule has 2 atom stereocenters. The molecule has 2 aromatic rings. The molecule has 0 saturated carbocycles. The van der Waals surface area contributed by atoms with E-state index in [0.29, 0.717) is 11.4 Å². The van der Waals surface area contributed by atoms with Crippen LogP contribution in [0.2, 0.25) is 0 Å². The van der Waals surface area contributed by atoms with Gasteiger partial charge in [-0.15, -0.1) is 0 Å². The van der Waals surface area contributed by atoms with Gasteiger partial charge in [-0.1, -0.05) is 30.3 Å². The molecule has 0 spiro atoms. The van der Waals surface area contributed by atoms with Gasteiger partial charge >= 0.3 is 5.97 Å². The molecular weight excluding hydrogens is 372 g/mol. The number of hydrogen-bond donors (Lipinski definition) is 1. The molecule has 0 aliphatic carbocycles. The Morgan fingerprint density at radius 3 is 2.48 bits per heavy atom. The van der Waals surface area contributed by atoms with Gasteiger partial charge < -0.3 is 19.7 Å². The van der Waals surface area contributed by atoms with Crippen LogP contribution in [0, 0.1) is 5.92 Å². The molecule has 0 radical (unpaired) electrons. The fraction of sp³-hybridized carbons (Fsp3) is 0.318. The SMILES string of the molecule is COc1ccc(N2C[C@H](C(=O)OCC(=O)N[C@H](C)c3ccccc3)CC2=O)cc1. The molecule has 7 nitrogen and oxygen atoms in total. The van der Waals surface area contributed by atoms with Crippen molar-refractivity contribution < 1.29 is 23.9 Å². The van der Waals surface area contributed by atoms with E-state index in [2.05, 4.69) is 5.32 Å². The lowest BCUT2D eigenvalue weighted by atomic mass is 10.1. The van der Waals surface area contributed by atoms with E-state index in [-0.39, 0.29) is 37.4 Å². The van der Waals surface area contributed by atoms with Gasteiger partial charge in [0.15, 0.2) is 6.61 Å². The molecule has 2 aromatic carbocycles. The third-order valence-electron chi connectivity index (χ3n) is 4.87. The summed E-state index contributed by atoms with van der Waals surface area (Å²) in [5.41, 5.74) is 1.66. The lowest BCUT2D eigenvalue weighted by molar-refractivity contribution is -0.152. The highest BCUT2D eigenvalue weighted by atomic mass is 16.5. The lowest BCUT2D eigenvalue weighted by Gasteiger charge is -2.17. The lowest BCUT2D eigenvalue weighted by Crippen LogP contribution is -2.32. The Hall–Kier alpha value is -3.35. The van der Waals surface area contributed by atoms with Crippen LogP contribution in [0.25, 0.3) is 0 Å². The predicted molar refractivity (Wildman–Crippen MR) is 107 cm³/mol. The average molecular weight is 396 g/mol. The maximum Gasteiger partial charge on any atom is 0.311 e. The molecule has 7 heteroatoms. The van der Waals surface area contributed by atoms with E-state index in [0.717, 1.165) is 5.56 Å². The standard InChI is InChI=1S/C22H24N2O5/c1-15(16-6-4-3-5-7-16)23-20(25)14-29-22(27)17-12-21(26)24(13-17)18-8-10-19(28-2)11-9-18/h3-11,15,17H,12-14H2,1-2H3,(H,23,25)/t15-,17-/m1/s1. The van der Waals surface area contributed by atoms with Crippen LogP contribution < -0.4 is 15.0 Å². The zero-order valence-electron chi connectivity index (χ0n) is 16.5. The van der Waals surface area contributed by atoms with Gasteiger partial charge in [0.05, 0.1) is 19.1 Å². The number of amides is 2. The number of rotatable bonds is 7. The Morgan fingerprint density at radius 1 is 1.14 bits per heavy atom. The molecule has 0 bridgehead atoms. The molecule has 1 fully saturated rings. The van der Waals surface area contributed by atoms with Gasteiger partial charge in [0.1, 0.15) is 5.75 Å². The molecule has 1 N–H and O–H groups in total. The second kappa shape index (κ2) is 9.23. The van der Waals surface area contributed by atoms with Crippen LogP contribution >= 0.6 is 0 Å². The predicted octanol–water partition coefficient (Wildman–Crippen LogP) is 2.47. The van der Waals surface area contributed by atoms with Crippen molar-refractivity contribution in [3.63, 3.8) is 0 Å². The molecule has 152 valence electrons. The van der Waals surface area contributed by atoms with Gasteiger partial charge in [-0.3, -0.25) is 14.4 Å². The number of anilines is 1. The van der Waals surface area contributed by atoms with Crippen LogP contribution in [0.3, 0.4) is 0 Å². The van der Waals surface area contributed by atoms with Crippen LogP contribution in [0.4, 0.5) is 5.69 Å². The third kappa shape index (κ3) is 5.13. The molecule has 29 heavy (non-hydrogen) atoms. The van der Waals surface area contributed by atoms with Gasteiger partial charge in [0.2, 0.25) is 5.91 Å². The van der Waals surface area contributed by atoms with Crippen molar-refractivity contribution in [1.29, 1.82) is 0 Å². The normalized spacial score (nSPS) is 17.0. The first kappa shape index (κ1) is 20.4.